The van der Waals surface area contributed by atoms with E-state index >= 15 is 0 Å². The van der Waals surface area contributed by atoms with Crippen LogP contribution in [0.5, 0.6) is 5.88 Å². The molecule has 138 valence electrons. The average Bonchev–Trinajstić information content (AvgIpc) is 3.08. The van der Waals surface area contributed by atoms with Crippen molar-refractivity contribution in [3.63, 3.8) is 0 Å². The fraction of sp³-hybridized carbons (Fsp3) is 0.300. The molecule has 7 heteroatoms. The van der Waals surface area contributed by atoms with E-state index in [0.717, 1.165) is 26.7 Å². The third-order valence-corrected chi connectivity index (χ3v) is 5.77. The zero-order valence-electron chi connectivity index (χ0n) is 15.8. The van der Waals surface area contributed by atoms with Crippen LogP contribution in [0, 0.1) is 19.8 Å². The molecule has 0 saturated carbocycles. The Bertz CT molecular complexity index is 1170. The van der Waals surface area contributed by atoms with E-state index in [1.807, 2.05) is 35.8 Å². The van der Waals surface area contributed by atoms with Gasteiger partial charge in [-0.15, -0.1) is 21.6 Å². The minimum absolute atomic E-state index is 0.136. The van der Waals surface area contributed by atoms with Gasteiger partial charge >= 0.3 is 0 Å². The van der Waals surface area contributed by atoms with Gasteiger partial charge in [0.15, 0.2) is 11.5 Å². The van der Waals surface area contributed by atoms with Crippen LogP contribution < -0.4 is 0 Å². The van der Waals surface area contributed by atoms with E-state index in [-0.39, 0.29) is 5.88 Å². The van der Waals surface area contributed by atoms with Gasteiger partial charge in [0.1, 0.15) is 11.2 Å². The monoisotopic (exact) mass is 379 g/mol. The number of para-hydroxylation sites is 1. The normalized spacial score (nSPS) is 12.2. The molecule has 0 saturated heterocycles. The Hall–Kier alpha value is -2.80. The summed E-state index contributed by atoms with van der Waals surface area (Å²) >= 11 is 1.62. The van der Waals surface area contributed by atoms with Crippen molar-refractivity contribution >= 4 is 44.0 Å². The maximum absolute atomic E-state index is 10.8. The molecule has 0 aliphatic heterocycles. The third-order valence-electron chi connectivity index (χ3n) is 4.66. The lowest BCUT2D eigenvalue weighted by Gasteiger charge is -2.09. The van der Waals surface area contributed by atoms with Crippen molar-refractivity contribution in [1.82, 2.24) is 14.5 Å². The van der Waals surface area contributed by atoms with Gasteiger partial charge < -0.3 is 9.67 Å². The summed E-state index contributed by atoms with van der Waals surface area (Å²) in [7, 11) is 0. The first-order valence-electron chi connectivity index (χ1n) is 8.90. The van der Waals surface area contributed by atoms with Gasteiger partial charge in [-0.3, -0.25) is 0 Å². The first-order valence-corrected chi connectivity index (χ1v) is 9.71. The molecule has 3 aromatic heterocycles. The van der Waals surface area contributed by atoms with Crippen LogP contribution in [0.4, 0.5) is 11.5 Å². The van der Waals surface area contributed by atoms with Gasteiger partial charge in [-0.05, 0) is 31.4 Å². The molecular weight excluding hydrogens is 358 g/mol. The molecule has 0 bridgehead atoms. The highest BCUT2D eigenvalue weighted by molar-refractivity contribution is 7.18. The molecular formula is C20H21N5OS. The van der Waals surface area contributed by atoms with Gasteiger partial charge in [0.05, 0.1) is 10.9 Å². The van der Waals surface area contributed by atoms with Crippen LogP contribution in [0.1, 0.15) is 24.3 Å². The van der Waals surface area contributed by atoms with E-state index in [9.17, 15) is 5.11 Å². The minimum atomic E-state index is 0.136. The maximum Gasteiger partial charge on any atom is 0.220 e. The Morgan fingerprint density at radius 2 is 1.93 bits per heavy atom. The number of fused-ring (bicyclic) bond motifs is 2. The van der Waals surface area contributed by atoms with Crippen LogP contribution in [0.25, 0.3) is 21.1 Å². The summed E-state index contributed by atoms with van der Waals surface area (Å²) < 4.78 is 1.89. The van der Waals surface area contributed by atoms with Crippen LogP contribution in [0.2, 0.25) is 0 Å². The lowest BCUT2D eigenvalue weighted by atomic mass is 10.2. The summed E-state index contributed by atoms with van der Waals surface area (Å²) in [6.45, 7) is 9.06. The van der Waals surface area contributed by atoms with Crippen LogP contribution >= 0.6 is 11.3 Å². The molecule has 1 aromatic carbocycles. The van der Waals surface area contributed by atoms with E-state index in [4.69, 9.17) is 0 Å². The summed E-state index contributed by atoms with van der Waals surface area (Å²) in [4.78, 5) is 10.7. The standard InChI is InChI=1S/C20H21N5OS/c1-11(2)9-25-15-8-6-5-7-14(15)17(20(25)26)23-24-18-16-12(3)13(4)27-19(16)22-10-21-18/h5-8,10-11,26H,9H2,1-4H3. The summed E-state index contributed by atoms with van der Waals surface area (Å²) in [5.74, 6) is 1.06. The van der Waals surface area contributed by atoms with E-state index < -0.39 is 0 Å². The van der Waals surface area contributed by atoms with Crippen molar-refractivity contribution in [2.75, 3.05) is 0 Å². The third kappa shape index (κ3) is 2.98. The number of aromatic nitrogens is 3. The highest BCUT2D eigenvalue weighted by Gasteiger charge is 2.18. The second-order valence-corrected chi connectivity index (χ2v) is 8.26. The fourth-order valence-electron chi connectivity index (χ4n) is 3.26. The number of nitrogens with zero attached hydrogens (tertiary/aromatic N) is 5. The minimum Gasteiger partial charge on any atom is -0.493 e. The molecule has 1 N–H and O–H groups in total. The molecule has 4 rings (SSSR count). The number of aryl methyl sites for hydroxylation is 2. The highest BCUT2D eigenvalue weighted by atomic mass is 32.1. The molecule has 0 radical (unpaired) electrons. The summed E-state index contributed by atoms with van der Waals surface area (Å²) in [5.41, 5.74) is 2.55. The summed E-state index contributed by atoms with van der Waals surface area (Å²) in [6, 6.07) is 7.85. The molecule has 0 unspecified atom stereocenters. The molecule has 0 aliphatic rings. The molecule has 0 aliphatic carbocycles. The number of azo groups is 1. The Kier molecular flexibility index (Phi) is 4.39. The average molecular weight is 379 g/mol. The Labute approximate surface area is 161 Å². The van der Waals surface area contributed by atoms with Gasteiger partial charge in [0.25, 0.3) is 0 Å². The smallest absolute Gasteiger partial charge is 0.220 e. The predicted octanol–water partition coefficient (Wildman–Crippen LogP) is 6.04. The molecule has 4 aromatic rings. The van der Waals surface area contributed by atoms with Gasteiger partial charge in [0.2, 0.25) is 5.88 Å². The predicted molar refractivity (Wildman–Crippen MR) is 110 cm³/mol. The first-order chi connectivity index (χ1) is 13.0. The molecule has 3 heterocycles. The largest absolute Gasteiger partial charge is 0.493 e. The Morgan fingerprint density at radius 3 is 2.70 bits per heavy atom. The molecule has 0 atom stereocenters. The first kappa shape index (κ1) is 17.6. The van der Waals surface area contributed by atoms with Crippen LogP contribution in [-0.4, -0.2) is 19.6 Å². The number of thiophene rings is 1. The van der Waals surface area contributed by atoms with Crippen molar-refractivity contribution in [3.8, 4) is 5.88 Å². The SMILES string of the molecule is Cc1sc2ncnc(N=Nc3c(O)n(CC(C)C)c4ccccc34)c2c1C. The van der Waals surface area contributed by atoms with Crippen LogP contribution in [-0.2, 0) is 6.54 Å². The lowest BCUT2D eigenvalue weighted by Crippen LogP contribution is -2.03. The zero-order chi connectivity index (χ0) is 19.1. The van der Waals surface area contributed by atoms with E-state index in [1.54, 1.807) is 11.3 Å². The number of rotatable bonds is 4. The lowest BCUT2D eigenvalue weighted by molar-refractivity contribution is 0.401. The number of aromatic hydroxyl groups is 1. The van der Waals surface area contributed by atoms with Crippen LogP contribution in [0.3, 0.4) is 0 Å². The van der Waals surface area contributed by atoms with Crippen molar-refractivity contribution in [3.05, 3.63) is 41.0 Å². The Morgan fingerprint density at radius 1 is 1.15 bits per heavy atom. The molecule has 27 heavy (non-hydrogen) atoms. The fourth-order valence-corrected chi connectivity index (χ4v) is 4.25. The quantitative estimate of drug-likeness (QED) is 0.439. The topological polar surface area (TPSA) is 75.7 Å². The van der Waals surface area contributed by atoms with E-state index in [1.165, 1.54) is 11.2 Å². The number of hydrogen-bond donors (Lipinski definition) is 1. The number of hydrogen-bond acceptors (Lipinski definition) is 6. The van der Waals surface area contributed by atoms with E-state index in [2.05, 4.69) is 41.0 Å². The summed E-state index contributed by atoms with van der Waals surface area (Å²) in [6.07, 6.45) is 1.51. The molecule has 6 nitrogen and oxygen atoms in total. The van der Waals surface area contributed by atoms with Crippen molar-refractivity contribution in [1.29, 1.82) is 0 Å². The molecule has 0 spiro atoms. The second-order valence-electron chi connectivity index (χ2n) is 7.05. The van der Waals surface area contributed by atoms with Crippen molar-refractivity contribution < 1.29 is 5.11 Å². The summed E-state index contributed by atoms with van der Waals surface area (Å²) in [5, 5.41) is 21.4. The molecule has 0 amide bonds. The van der Waals surface area contributed by atoms with Crippen LogP contribution in [0.15, 0.2) is 40.8 Å². The molecule has 0 fully saturated rings. The maximum atomic E-state index is 10.8. The number of benzene rings is 1. The van der Waals surface area contributed by atoms with Gasteiger partial charge in [0, 0.05) is 16.8 Å². The Balaban J connectivity index is 1.86. The van der Waals surface area contributed by atoms with Gasteiger partial charge in [-0.2, -0.15) is 0 Å². The second kappa shape index (κ2) is 6.74. The highest BCUT2D eigenvalue weighted by Crippen LogP contribution is 2.41. The van der Waals surface area contributed by atoms with E-state index in [0.29, 0.717) is 24.0 Å². The van der Waals surface area contributed by atoms with Gasteiger partial charge in [-0.1, -0.05) is 32.0 Å². The van der Waals surface area contributed by atoms with Gasteiger partial charge in [-0.25, -0.2) is 9.97 Å². The van der Waals surface area contributed by atoms with Crippen molar-refractivity contribution in [2.45, 2.75) is 34.2 Å². The van der Waals surface area contributed by atoms with Crippen molar-refractivity contribution in [2.24, 2.45) is 16.1 Å². The zero-order valence-corrected chi connectivity index (χ0v) is 16.6.